The third-order valence-electron chi connectivity index (χ3n) is 5.74. The largest absolute Gasteiger partial charge is 0.420 e. The Balaban J connectivity index is 1.74. The monoisotopic (exact) mass is 491 g/mol. The molecule has 0 aliphatic heterocycles. The van der Waals surface area contributed by atoms with E-state index < -0.39 is 63.2 Å². The first-order valence-electron chi connectivity index (χ1n) is 10.1. The zero-order valence-electron chi connectivity index (χ0n) is 17.8. The molecule has 7 nitrogen and oxygen atoms in total. The molecule has 180 valence electrons. The molecule has 1 atom stereocenters. The molecule has 0 bridgehead atoms. The van der Waals surface area contributed by atoms with E-state index in [0.717, 1.165) is 17.0 Å². The van der Waals surface area contributed by atoms with Gasteiger partial charge in [-0.1, -0.05) is 6.92 Å². The molecule has 2 aliphatic rings. The van der Waals surface area contributed by atoms with Gasteiger partial charge in [0.2, 0.25) is 5.92 Å². The zero-order chi connectivity index (χ0) is 24.4. The summed E-state index contributed by atoms with van der Waals surface area (Å²) in [5, 5.41) is 6.27. The average Bonchev–Trinajstić information content (AvgIpc) is 3.39. The lowest BCUT2D eigenvalue weighted by Gasteiger charge is -2.44. The van der Waals surface area contributed by atoms with E-state index in [1.807, 2.05) is 0 Å². The number of halogens is 5. The molecule has 0 aromatic carbocycles. The number of carbonyl (C=O) groups is 1. The first kappa shape index (κ1) is 23.6. The van der Waals surface area contributed by atoms with E-state index in [2.05, 4.69) is 15.4 Å². The molecule has 2 N–H and O–H groups in total. The Labute approximate surface area is 186 Å². The molecule has 0 saturated heterocycles. The molecule has 2 aromatic heterocycles. The summed E-state index contributed by atoms with van der Waals surface area (Å²) in [6.45, 7) is 1.26. The summed E-state index contributed by atoms with van der Waals surface area (Å²) < 4.78 is 89.6. The molecule has 2 heterocycles. The summed E-state index contributed by atoms with van der Waals surface area (Å²) >= 11 is 0. The van der Waals surface area contributed by atoms with Crippen molar-refractivity contribution < 1.29 is 31.0 Å². The molecule has 4 rings (SSSR count). The van der Waals surface area contributed by atoms with Crippen LogP contribution >= 0.6 is 0 Å². The molecule has 2 saturated carbocycles. The number of amides is 1. The SMILES string of the molecule is CC1(Cn2nc(C3CC3)c(C(F)(F)F)c2C(=O)Nc2ccnc(S(C)(=N)=O)c2)CC(F)(F)C1. The van der Waals surface area contributed by atoms with Crippen LogP contribution < -0.4 is 5.32 Å². The Bertz CT molecular complexity index is 1210. The van der Waals surface area contributed by atoms with Gasteiger partial charge in [0.1, 0.15) is 16.3 Å². The summed E-state index contributed by atoms with van der Waals surface area (Å²) in [4.78, 5) is 16.9. The minimum Gasteiger partial charge on any atom is -0.320 e. The number of alkyl halides is 5. The van der Waals surface area contributed by atoms with Crippen LogP contribution in [0.5, 0.6) is 0 Å². The molecule has 13 heteroatoms. The van der Waals surface area contributed by atoms with E-state index in [9.17, 15) is 31.0 Å². The Hall–Kier alpha value is -2.57. The van der Waals surface area contributed by atoms with Crippen LogP contribution in [-0.4, -0.2) is 37.1 Å². The maximum Gasteiger partial charge on any atom is 0.420 e. The van der Waals surface area contributed by atoms with E-state index in [1.165, 1.54) is 19.2 Å². The van der Waals surface area contributed by atoms with Crippen molar-refractivity contribution in [3.63, 3.8) is 0 Å². The number of hydrogen-bond donors (Lipinski definition) is 2. The summed E-state index contributed by atoms with van der Waals surface area (Å²) in [6, 6.07) is 2.44. The van der Waals surface area contributed by atoms with Crippen molar-refractivity contribution in [1.82, 2.24) is 14.8 Å². The van der Waals surface area contributed by atoms with Crippen LogP contribution in [0.15, 0.2) is 23.4 Å². The number of nitrogens with zero attached hydrogens (tertiary/aromatic N) is 3. The third kappa shape index (κ3) is 4.87. The fourth-order valence-corrected chi connectivity index (χ4v) is 4.92. The maximum absolute atomic E-state index is 14.1. The van der Waals surface area contributed by atoms with Gasteiger partial charge in [-0.05, 0) is 30.4 Å². The lowest BCUT2D eigenvalue weighted by Crippen LogP contribution is -2.47. The van der Waals surface area contributed by atoms with Gasteiger partial charge < -0.3 is 5.32 Å². The highest BCUT2D eigenvalue weighted by atomic mass is 32.2. The van der Waals surface area contributed by atoms with Crippen LogP contribution in [0.1, 0.15) is 60.3 Å². The molecule has 2 aliphatic carbocycles. The summed E-state index contributed by atoms with van der Waals surface area (Å²) in [7, 11) is -3.23. The lowest BCUT2D eigenvalue weighted by atomic mass is 9.67. The van der Waals surface area contributed by atoms with Crippen LogP contribution in [0.4, 0.5) is 27.6 Å². The van der Waals surface area contributed by atoms with Gasteiger partial charge in [0, 0.05) is 43.4 Å². The van der Waals surface area contributed by atoms with Gasteiger partial charge in [0.15, 0.2) is 0 Å². The van der Waals surface area contributed by atoms with E-state index in [0.29, 0.717) is 12.8 Å². The fourth-order valence-electron chi connectivity index (χ4n) is 4.31. The van der Waals surface area contributed by atoms with Gasteiger partial charge in [-0.15, -0.1) is 0 Å². The van der Waals surface area contributed by atoms with Crippen molar-refractivity contribution >= 4 is 21.3 Å². The molecular formula is C20H22F5N5O2S. The Morgan fingerprint density at radius 2 is 1.97 bits per heavy atom. The van der Waals surface area contributed by atoms with Crippen LogP contribution in [0.2, 0.25) is 0 Å². The van der Waals surface area contributed by atoms with Crippen molar-refractivity contribution in [2.75, 3.05) is 11.6 Å². The standard InChI is InChI=1S/C20H22F5N5O2S/c1-18(8-19(21,22)9-18)10-30-16(14(20(23,24)25)15(29-30)11-3-4-11)17(31)28-12-5-6-27-13(7-12)33(2,26)32/h5-7,11,26H,3-4,8-10H2,1-2H3,(H,27,28,31). The highest BCUT2D eigenvalue weighted by Gasteiger charge is 2.55. The summed E-state index contributed by atoms with van der Waals surface area (Å²) in [5.74, 6) is -4.46. The highest BCUT2D eigenvalue weighted by Crippen LogP contribution is 2.53. The van der Waals surface area contributed by atoms with Crippen molar-refractivity contribution in [3.05, 3.63) is 35.3 Å². The van der Waals surface area contributed by atoms with Crippen molar-refractivity contribution in [3.8, 4) is 0 Å². The van der Waals surface area contributed by atoms with Gasteiger partial charge in [-0.25, -0.2) is 22.8 Å². The molecule has 1 amide bonds. The quantitative estimate of drug-likeness (QED) is 0.562. The Morgan fingerprint density at radius 1 is 1.33 bits per heavy atom. The minimum atomic E-state index is -4.88. The highest BCUT2D eigenvalue weighted by molar-refractivity contribution is 7.91. The number of hydrogen-bond acceptors (Lipinski definition) is 5. The number of carbonyl (C=O) groups excluding carboxylic acids is 1. The molecular weight excluding hydrogens is 469 g/mol. The Kier molecular flexibility index (Phi) is 5.34. The number of rotatable bonds is 6. The predicted molar refractivity (Wildman–Crippen MR) is 109 cm³/mol. The second-order valence-electron chi connectivity index (χ2n) is 9.24. The second kappa shape index (κ2) is 7.47. The normalized spacial score (nSPS) is 21.2. The summed E-state index contributed by atoms with van der Waals surface area (Å²) in [6.07, 6.45) is -2.61. The van der Waals surface area contributed by atoms with E-state index in [1.54, 1.807) is 0 Å². The number of nitrogens with one attached hydrogen (secondary N) is 2. The molecule has 0 radical (unpaired) electrons. The van der Waals surface area contributed by atoms with Crippen LogP contribution in [0.25, 0.3) is 0 Å². The number of pyridine rings is 1. The third-order valence-corrected chi connectivity index (χ3v) is 6.76. The maximum atomic E-state index is 14.1. The zero-order valence-corrected chi connectivity index (χ0v) is 18.6. The van der Waals surface area contributed by atoms with E-state index >= 15 is 0 Å². The lowest BCUT2D eigenvalue weighted by molar-refractivity contribution is -0.160. The molecule has 2 fully saturated rings. The molecule has 1 unspecified atom stereocenters. The van der Waals surface area contributed by atoms with Crippen LogP contribution in [-0.2, 0) is 22.5 Å². The average molecular weight is 491 g/mol. The predicted octanol–water partition coefficient (Wildman–Crippen LogP) is 4.90. The van der Waals surface area contributed by atoms with Gasteiger partial charge in [-0.3, -0.25) is 9.48 Å². The topological polar surface area (TPSA) is 101 Å². The van der Waals surface area contributed by atoms with Crippen LogP contribution in [0, 0.1) is 10.2 Å². The van der Waals surface area contributed by atoms with Crippen molar-refractivity contribution in [2.45, 2.75) is 62.2 Å². The van der Waals surface area contributed by atoms with Gasteiger partial charge in [-0.2, -0.15) is 18.3 Å². The van der Waals surface area contributed by atoms with Crippen molar-refractivity contribution in [2.24, 2.45) is 5.41 Å². The van der Waals surface area contributed by atoms with Gasteiger partial charge in [0.25, 0.3) is 5.91 Å². The molecule has 33 heavy (non-hydrogen) atoms. The Morgan fingerprint density at radius 3 is 2.48 bits per heavy atom. The van der Waals surface area contributed by atoms with Gasteiger partial charge >= 0.3 is 6.18 Å². The fraction of sp³-hybridized carbons (Fsp3) is 0.550. The molecule has 0 spiro atoms. The van der Waals surface area contributed by atoms with Gasteiger partial charge in [0.05, 0.1) is 15.4 Å². The first-order chi connectivity index (χ1) is 15.1. The molecule has 2 aromatic rings. The van der Waals surface area contributed by atoms with E-state index in [4.69, 9.17) is 4.78 Å². The minimum absolute atomic E-state index is 0.00191. The number of aromatic nitrogens is 3. The summed E-state index contributed by atoms with van der Waals surface area (Å²) in [5.41, 5.74) is -3.16. The smallest absolute Gasteiger partial charge is 0.320 e. The van der Waals surface area contributed by atoms with E-state index in [-0.39, 0.29) is 23.0 Å². The second-order valence-corrected chi connectivity index (χ2v) is 11.3. The van der Waals surface area contributed by atoms with Crippen LogP contribution in [0.3, 0.4) is 0 Å². The first-order valence-corrected chi connectivity index (χ1v) is 12.1. The number of anilines is 1. The van der Waals surface area contributed by atoms with Crippen molar-refractivity contribution in [1.29, 1.82) is 4.78 Å².